The molecule has 3 aliphatic heterocycles. The van der Waals surface area contributed by atoms with Gasteiger partial charge in [-0.2, -0.15) is 0 Å². The van der Waals surface area contributed by atoms with Crippen molar-refractivity contribution in [3.63, 3.8) is 0 Å². The standard InChI is InChI=1S/C34H37N3O/c38-33(34-20-9-10-24(22-34)17-18-29(35-23-34)25-11-3-1-4-12-25)37-21-19-28-31(26-13-5-2-6-14-26)36-30-16-8-7-15-27(30)32(28)37/h1-8,11-16,18,24,28,31-32,35-36H,9-10,17,19-23H2/t24?,28-,31+,32+,34?/m0/s1. The number of benzene rings is 3. The van der Waals surface area contributed by atoms with Gasteiger partial charge in [0.15, 0.2) is 0 Å². The fraction of sp³-hybridized carbons (Fsp3) is 0.382. The zero-order valence-electron chi connectivity index (χ0n) is 22.0. The van der Waals surface area contributed by atoms with Crippen molar-refractivity contribution in [2.75, 3.05) is 18.4 Å². The monoisotopic (exact) mass is 503 g/mol. The van der Waals surface area contributed by atoms with E-state index < -0.39 is 0 Å². The molecule has 2 bridgehead atoms. The number of hydrogen-bond acceptors (Lipinski definition) is 3. The summed E-state index contributed by atoms with van der Waals surface area (Å²) in [6.07, 6.45) is 8.78. The molecule has 1 aliphatic carbocycles. The maximum atomic E-state index is 14.8. The number of allylic oxidation sites excluding steroid dienone is 1. The summed E-state index contributed by atoms with van der Waals surface area (Å²) < 4.78 is 0. The molecule has 3 aromatic carbocycles. The zero-order valence-corrected chi connectivity index (χ0v) is 22.0. The molecule has 3 aromatic rings. The van der Waals surface area contributed by atoms with Crippen LogP contribution in [0.5, 0.6) is 0 Å². The van der Waals surface area contributed by atoms with E-state index in [-0.39, 0.29) is 17.5 Å². The van der Waals surface area contributed by atoms with E-state index in [1.165, 1.54) is 34.5 Å². The van der Waals surface area contributed by atoms with E-state index in [1.54, 1.807) is 0 Å². The third-order valence-corrected chi connectivity index (χ3v) is 9.64. The molecule has 5 atom stereocenters. The van der Waals surface area contributed by atoms with Crippen molar-refractivity contribution in [2.45, 2.75) is 50.6 Å². The van der Waals surface area contributed by atoms with Crippen LogP contribution in [-0.2, 0) is 4.79 Å². The van der Waals surface area contributed by atoms with Crippen LogP contribution in [0.15, 0.2) is 91.0 Å². The zero-order chi connectivity index (χ0) is 25.5. The summed E-state index contributed by atoms with van der Waals surface area (Å²) >= 11 is 0. The summed E-state index contributed by atoms with van der Waals surface area (Å²) in [7, 11) is 0. The highest BCUT2D eigenvalue weighted by molar-refractivity contribution is 5.85. The Kier molecular flexibility index (Phi) is 5.99. The maximum Gasteiger partial charge on any atom is 0.231 e. The van der Waals surface area contributed by atoms with E-state index >= 15 is 0 Å². The van der Waals surface area contributed by atoms with Crippen LogP contribution in [0, 0.1) is 17.3 Å². The first-order chi connectivity index (χ1) is 18.7. The number of anilines is 1. The van der Waals surface area contributed by atoms with Crippen LogP contribution >= 0.6 is 0 Å². The Bertz CT molecular complexity index is 1340. The molecule has 1 saturated heterocycles. The fourth-order valence-electron chi connectivity index (χ4n) is 7.82. The van der Waals surface area contributed by atoms with E-state index in [0.29, 0.717) is 17.7 Å². The molecular weight excluding hydrogens is 466 g/mol. The van der Waals surface area contributed by atoms with Gasteiger partial charge in [-0.25, -0.2) is 0 Å². The van der Waals surface area contributed by atoms with Crippen molar-refractivity contribution in [1.29, 1.82) is 0 Å². The maximum absolute atomic E-state index is 14.8. The second kappa shape index (κ2) is 9.65. The summed E-state index contributed by atoms with van der Waals surface area (Å²) in [5.41, 5.74) is 5.83. The molecule has 4 nitrogen and oxygen atoms in total. The van der Waals surface area contributed by atoms with Crippen molar-refractivity contribution in [3.8, 4) is 0 Å². The number of fused-ring (bicyclic) bond motifs is 5. The quantitative estimate of drug-likeness (QED) is 0.406. The van der Waals surface area contributed by atoms with Gasteiger partial charge in [-0.15, -0.1) is 0 Å². The van der Waals surface area contributed by atoms with Gasteiger partial charge in [0.1, 0.15) is 0 Å². The van der Waals surface area contributed by atoms with Crippen LogP contribution < -0.4 is 10.6 Å². The lowest BCUT2D eigenvalue weighted by Crippen LogP contribution is -2.52. The molecule has 0 radical (unpaired) electrons. The largest absolute Gasteiger partial charge is 0.384 e. The average molecular weight is 504 g/mol. The Labute approximate surface area is 226 Å². The lowest BCUT2D eigenvalue weighted by atomic mass is 9.66. The topological polar surface area (TPSA) is 44.4 Å². The van der Waals surface area contributed by atoms with Gasteiger partial charge >= 0.3 is 0 Å². The van der Waals surface area contributed by atoms with Crippen LogP contribution in [0.4, 0.5) is 5.69 Å². The van der Waals surface area contributed by atoms with Gasteiger partial charge in [0.25, 0.3) is 0 Å². The summed E-state index contributed by atoms with van der Waals surface area (Å²) in [6, 6.07) is 30.4. The molecule has 194 valence electrons. The molecule has 2 fully saturated rings. The van der Waals surface area contributed by atoms with E-state index in [0.717, 1.165) is 45.2 Å². The normalized spacial score (nSPS) is 30.0. The van der Waals surface area contributed by atoms with Gasteiger partial charge in [0.05, 0.1) is 17.5 Å². The van der Waals surface area contributed by atoms with Crippen LogP contribution in [0.1, 0.15) is 67.3 Å². The molecule has 1 saturated carbocycles. The number of hydrogen-bond donors (Lipinski definition) is 2. The Morgan fingerprint density at radius 2 is 1.66 bits per heavy atom. The number of nitrogens with one attached hydrogen (secondary N) is 2. The lowest BCUT2D eigenvalue weighted by molar-refractivity contribution is -0.146. The number of likely N-dealkylation sites (tertiary alicyclic amines) is 1. The second-order valence-corrected chi connectivity index (χ2v) is 11.8. The minimum absolute atomic E-state index is 0.120. The van der Waals surface area contributed by atoms with Gasteiger partial charge in [0.2, 0.25) is 5.91 Å². The minimum atomic E-state index is -0.339. The van der Waals surface area contributed by atoms with E-state index in [2.05, 4.69) is 107 Å². The molecule has 1 amide bonds. The predicted molar refractivity (Wildman–Crippen MR) is 153 cm³/mol. The number of amides is 1. The number of nitrogens with zero attached hydrogens (tertiary/aromatic N) is 1. The lowest BCUT2D eigenvalue weighted by Gasteiger charge is -2.46. The van der Waals surface area contributed by atoms with Crippen LogP contribution in [0.3, 0.4) is 0 Å². The number of carbonyl (C=O) groups excluding carboxylic acids is 1. The second-order valence-electron chi connectivity index (χ2n) is 11.8. The fourth-order valence-corrected chi connectivity index (χ4v) is 7.82. The number of rotatable bonds is 3. The first-order valence-corrected chi connectivity index (χ1v) is 14.4. The van der Waals surface area contributed by atoms with Gasteiger partial charge in [-0.3, -0.25) is 4.79 Å². The highest BCUT2D eigenvalue weighted by Crippen LogP contribution is 2.53. The van der Waals surface area contributed by atoms with Crippen molar-refractivity contribution in [2.24, 2.45) is 17.3 Å². The highest BCUT2D eigenvalue weighted by atomic mass is 16.2. The molecule has 0 spiro atoms. The smallest absolute Gasteiger partial charge is 0.231 e. The molecule has 0 aromatic heterocycles. The van der Waals surface area contributed by atoms with E-state index in [1.807, 2.05) is 0 Å². The van der Waals surface area contributed by atoms with Gasteiger partial charge < -0.3 is 15.5 Å². The summed E-state index contributed by atoms with van der Waals surface area (Å²) in [6.45, 7) is 1.56. The van der Waals surface area contributed by atoms with Crippen LogP contribution in [0.25, 0.3) is 5.70 Å². The Morgan fingerprint density at radius 3 is 2.50 bits per heavy atom. The first kappa shape index (κ1) is 23.6. The van der Waals surface area contributed by atoms with Gasteiger partial charge in [-0.1, -0.05) is 97.8 Å². The van der Waals surface area contributed by atoms with Crippen molar-refractivity contribution in [3.05, 3.63) is 108 Å². The Morgan fingerprint density at radius 1 is 0.895 bits per heavy atom. The highest BCUT2D eigenvalue weighted by Gasteiger charge is 2.52. The van der Waals surface area contributed by atoms with Crippen molar-refractivity contribution < 1.29 is 4.79 Å². The average Bonchev–Trinajstić information content (AvgIpc) is 3.42. The number of carbonyl (C=O) groups is 1. The van der Waals surface area contributed by atoms with E-state index in [4.69, 9.17) is 0 Å². The minimum Gasteiger partial charge on any atom is -0.384 e. The third-order valence-electron chi connectivity index (χ3n) is 9.64. The SMILES string of the molecule is O=C(N1CC[C@H]2[C@@H](c3ccccc3)Nc3ccccc3[C@H]21)C12CCCC(CC=C(c3ccccc3)NC1)C2. The van der Waals surface area contributed by atoms with Gasteiger partial charge in [-0.05, 0) is 54.4 Å². The predicted octanol–water partition coefficient (Wildman–Crippen LogP) is 6.95. The Balaban J connectivity index is 1.23. The molecule has 3 heterocycles. The molecule has 4 heteroatoms. The molecular formula is C34H37N3O. The molecule has 7 rings (SSSR count). The first-order valence-electron chi connectivity index (χ1n) is 14.4. The summed E-state index contributed by atoms with van der Waals surface area (Å²) in [4.78, 5) is 17.1. The summed E-state index contributed by atoms with van der Waals surface area (Å²) in [5, 5.41) is 7.62. The molecule has 38 heavy (non-hydrogen) atoms. The molecule has 4 aliphatic rings. The van der Waals surface area contributed by atoms with E-state index in [9.17, 15) is 4.79 Å². The molecule has 2 unspecified atom stereocenters. The Hall–Kier alpha value is -3.53. The van der Waals surface area contributed by atoms with Crippen LogP contribution in [-0.4, -0.2) is 23.9 Å². The third kappa shape index (κ3) is 4.02. The summed E-state index contributed by atoms with van der Waals surface area (Å²) in [5.74, 6) is 1.32. The molecule has 2 N–H and O–H groups in total. The number of para-hydroxylation sites is 1. The van der Waals surface area contributed by atoms with Crippen molar-refractivity contribution in [1.82, 2.24) is 10.2 Å². The van der Waals surface area contributed by atoms with Crippen molar-refractivity contribution >= 4 is 17.3 Å². The van der Waals surface area contributed by atoms with Gasteiger partial charge in [0, 0.05) is 30.4 Å². The van der Waals surface area contributed by atoms with Crippen LogP contribution in [0.2, 0.25) is 0 Å².